The fraction of sp³-hybridized carbons (Fsp3) is 0.294. The van der Waals surface area contributed by atoms with Gasteiger partial charge in [-0.05, 0) is 29.8 Å². The van der Waals surface area contributed by atoms with E-state index in [1.807, 2.05) is 13.8 Å². The van der Waals surface area contributed by atoms with Crippen LogP contribution in [0.5, 0.6) is 5.75 Å². The highest BCUT2D eigenvalue weighted by Gasteiger charge is 2.10. The predicted octanol–water partition coefficient (Wildman–Crippen LogP) is 4.14. The summed E-state index contributed by atoms with van der Waals surface area (Å²) in [6, 6.07) is 9.39. The highest BCUT2D eigenvalue weighted by atomic mass is 19.1. The molecule has 0 spiro atoms. The van der Waals surface area contributed by atoms with Crippen LogP contribution in [0.3, 0.4) is 0 Å². The van der Waals surface area contributed by atoms with Gasteiger partial charge in [-0.3, -0.25) is 0 Å². The van der Waals surface area contributed by atoms with E-state index in [0.29, 0.717) is 29.0 Å². The van der Waals surface area contributed by atoms with Crippen LogP contribution in [0.25, 0.3) is 11.1 Å². The summed E-state index contributed by atoms with van der Waals surface area (Å²) in [5.74, 6) is -0.174. The van der Waals surface area contributed by atoms with Crippen molar-refractivity contribution in [2.75, 3.05) is 7.11 Å². The topological polar surface area (TPSA) is 21.3 Å². The van der Waals surface area contributed by atoms with Crippen LogP contribution in [0.15, 0.2) is 36.4 Å². The van der Waals surface area contributed by atoms with Gasteiger partial charge in [0.25, 0.3) is 0 Å². The fourth-order valence-corrected chi connectivity index (χ4v) is 2.08. The lowest BCUT2D eigenvalue weighted by Crippen LogP contribution is -2.22. The minimum absolute atomic E-state index is 0.285. The van der Waals surface area contributed by atoms with E-state index in [-0.39, 0.29) is 17.7 Å². The zero-order valence-corrected chi connectivity index (χ0v) is 12.4. The Morgan fingerprint density at radius 1 is 1.10 bits per heavy atom. The SMILES string of the molecule is COc1ccc(F)cc1-c1ccc(CNC(C)C)c(F)c1. The fourth-order valence-electron chi connectivity index (χ4n) is 2.08. The standard InChI is InChI=1S/C17H19F2NO/c1-11(2)20-10-13-5-4-12(8-16(13)19)15-9-14(18)6-7-17(15)21-3/h4-9,11,20H,10H2,1-3H3. The molecular formula is C17H19F2NO. The average Bonchev–Trinajstić information content (AvgIpc) is 2.45. The lowest BCUT2D eigenvalue weighted by atomic mass is 10.0. The molecule has 0 aliphatic rings. The summed E-state index contributed by atoms with van der Waals surface area (Å²) in [5, 5.41) is 3.17. The molecule has 0 saturated carbocycles. The van der Waals surface area contributed by atoms with Crippen LogP contribution in [-0.4, -0.2) is 13.2 Å². The second-order valence-electron chi connectivity index (χ2n) is 5.19. The minimum atomic E-state index is -0.378. The maximum Gasteiger partial charge on any atom is 0.128 e. The van der Waals surface area contributed by atoms with E-state index < -0.39 is 0 Å². The van der Waals surface area contributed by atoms with Gasteiger partial charge in [0.2, 0.25) is 0 Å². The molecule has 112 valence electrons. The first-order chi connectivity index (χ1) is 10.0. The summed E-state index contributed by atoms with van der Waals surface area (Å²) in [6.45, 7) is 4.47. The summed E-state index contributed by atoms with van der Waals surface area (Å²) in [6.07, 6.45) is 0. The van der Waals surface area contributed by atoms with Gasteiger partial charge in [-0.25, -0.2) is 8.78 Å². The Morgan fingerprint density at radius 3 is 2.48 bits per heavy atom. The first-order valence-electron chi connectivity index (χ1n) is 6.87. The van der Waals surface area contributed by atoms with Crippen molar-refractivity contribution in [3.05, 3.63) is 53.6 Å². The first kappa shape index (κ1) is 15.4. The number of hydrogen-bond acceptors (Lipinski definition) is 2. The van der Waals surface area contributed by atoms with Crippen LogP contribution in [0.2, 0.25) is 0 Å². The van der Waals surface area contributed by atoms with Crippen molar-refractivity contribution < 1.29 is 13.5 Å². The van der Waals surface area contributed by atoms with E-state index >= 15 is 0 Å². The van der Waals surface area contributed by atoms with Crippen molar-refractivity contribution >= 4 is 0 Å². The van der Waals surface area contributed by atoms with Gasteiger partial charge >= 0.3 is 0 Å². The number of ether oxygens (including phenoxy) is 1. The predicted molar refractivity (Wildman–Crippen MR) is 80.3 cm³/mol. The van der Waals surface area contributed by atoms with Crippen molar-refractivity contribution in [2.24, 2.45) is 0 Å². The van der Waals surface area contributed by atoms with E-state index in [9.17, 15) is 8.78 Å². The van der Waals surface area contributed by atoms with Crippen molar-refractivity contribution in [3.63, 3.8) is 0 Å². The van der Waals surface area contributed by atoms with E-state index in [4.69, 9.17) is 4.74 Å². The minimum Gasteiger partial charge on any atom is -0.496 e. The Hall–Kier alpha value is -1.94. The summed E-state index contributed by atoms with van der Waals surface area (Å²) in [4.78, 5) is 0. The van der Waals surface area contributed by atoms with Crippen molar-refractivity contribution in [3.8, 4) is 16.9 Å². The molecule has 2 rings (SSSR count). The molecule has 0 radical (unpaired) electrons. The van der Waals surface area contributed by atoms with Crippen molar-refractivity contribution in [1.82, 2.24) is 5.32 Å². The lowest BCUT2D eigenvalue weighted by Gasteiger charge is -2.12. The second kappa shape index (κ2) is 6.68. The van der Waals surface area contributed by atoms with Crippen molar-refractivity contribution in [2.45, 2.75) is 26.4 Å². The number of rotatable bonds is 5. The monoisotopic (exact) mass is 291 g/mol. The van der Waals surface area contributed by atoms with Crippen LogP contribution in [0.1, 0.15) is 19.4 Å². The molecule has 0 heterocycles. The summed E-state index contributed by atoms with van der Waals surface area (Å²) < 4.78 is 32.7. The molecule has 0 unspecified atom stereocenters. The molecule has 0 bridgehead atoms. The summed E-state index contributed by atoms with van der Waals surface area (Å²) in [7, 11) is 1.51. The molecule has 4 heteroatoms. The zero-order chi connectivity index (χ0) is 15.4. The molecule has 0 fully saturated rings. The maximum absolute atomic E-state index is 14.1. The maximum atomic E-state index is 14.1. The van der Waals surface area contributed by atoms with Crippen LogP contribution >= 0.6 is 0 Å². The molecule has 2 aromatic carbocycles. The molecule has 0 saturated heterocycles. The van der Waals surface area contributed by atoms with E-state index in [1.54, 1.807) is 12.1 Å². The van der Waals surface area contributed by atoms with Gasteiger partial charge in [0, 0.05) is 23.7 Å². The van der Waals surface area contributed by atoms with Crippen LogP contribution in [0, 0.1) is 11.6 Å². The van der Waals surface area contributed by atoms with E-state index in [2.05, 4.69) is 5.32 Å². The molecule has 0 aliphatic carbocycles. The highest BCUT2D eigenvalue weighted by molar-refractivity contribution is 5.70. The van der Waals surface area contributed by atoms with Gasteiger partial charge in [-0.2, -0.15) is 0 Å². The van der Waals surface area contributed by atoms with Gasteiger partial charge < -0.3 is 10.1 Å². The number of hydrogen-bond donors (Lipinski definition) is 1. The Morgan fingerprint density at radius 2 is 1.86 bits per heavy atom. The third kappa shape index (κ3) is 3.79. The first-order valence-corrected chi connectivity index (χ1v) is 6.87. The van der Waals surface area contributed by atoms with Gasteiger partial charge in [0.05, 0.1) is 7.11 Å². The molecule has 2 aromatic rings. The smallest absolute Gasteiger partial charge is 0.128 e. The van der Waals surface area contributed by atoms with Gasteiger partial charge in [-0.15, -0.1) is 0 Å². The number of benzene rings is 2. The number of nitrogens with one attached hydrogen (secondary N) is 1. The van der Waals surface area contributed by atoms with Crippen LogP contribution < -0.4 is 10.1 Å². The Kier molecular flexibility index (Phi) is 4.91. The average molecular weight is 291 g/mol. The summed E-state index contributed by atoms with van der Waals surface area (Å²) in [5.41, 5.74) is 1.72. The largest absolute Gasteiger partial charge is 0.496 e. The quantitative estimate of drug-likeness (QED) is 0.894. The molecule has 0 amide bonds. The van der Waals surface area contributed by atoms with Gasteiger partial charge in [-0.1, -0.05) is 26.0 Å². The van der Waals surface area contributed by atoms with Gasteiger partial charge in [0.15, 0.2) is 0 Å². The summed E-state index contributed by atoms with van der Waals surface area (Å²) >= 11 is 0. The molecule has 21 heavy (non-hydrogen) atoms. The molecule has 2 nitrogen and oxygen atoms in total. The van der Waals surface area contributed by atoms with Crippen LogP contribution in [0.4, 0.5) is 8.78 Å². The molecule has 0 atom stereocenters. The van der Waals surface area contributed by atoms with Crippen LogP contribution in [-0.2, 0) is 6.54 Å². The normalized spacial score (nSPS) is 11.0. The van der Waals surface area contributed by atoms with E-state index in [0.717, 1.165) is 0 Å². The highest BCUT2D eigenvalue weighted by Crippen LogP contribution is 2.31. The van der Waals surface area contributed by atoms with E-state index in [1.165, 1.54) is 31.4 Å². The Labute approximate surface area is 123 Å². The van der Waals surface area contributed by atoms with Gasteiger partial charge in [0.1, 0.15) is 17.4 Å². The number of halogens is 2. The molecule has 1 N–H and O–H groups in total. The molecule has 0 aliphatic heterocycles. The molecule has 0 aromatic heterocycles. The number of methoxy groups -OCH3 is 1. The Balaban J connectivity index is 2.34. The Bertz CT molecular complexity index is 626. The van der Waals surface area contributed by atoms with Crippen molar-refractivity contribution in [1.29, 1.82) is 0 Å². The zero-order valence-electron chi connectivity index (χ0n) is 12.4. The third-order valence-corrected chi connectivity index (χ3v) is 3.23. The second-order valence-corrected chi connectivity index (χ2v) is 5.19. The lowest BCUT2D eigenvalue weighted by molar-refractivity contribution is 0.415. The third-order valence-electron chi connectivity index (χ3n) is 3.23. The molecular weight excluding hydrogens is 272 g/mol.